The number of aliphatic carboxylic acids is 1. The van der Waals surface area contributed by atoms with Crippen LogP contribution >= 0.6 is 11.6 Å². The molecule has 1 aromatic rings. The van der Waals surface area contributed by atoms with Crippen molar-refractivity contribution in [1.82, 2.24) is 10.2 Å². The highest BCUT2D eigenvalue weighted by molar-refractivity contribution is 6.47. The minimum absolute atomic E-state index is 0.000726. The van der Waals surface area contributed by atoms with E-state index in [-0.39, 0.29) is 36.2 Å². The molecular formula is C32H40ClN3O4. The topological polar surface area (TPSA) is 99.1 Å². The van der Waals surface area contributed by atoms with Crippen molar-refractivity contribution in [3.63, 3.8) is 0 Å². The van der Waals surface area contributed by atoms with Gasteiger partial charge in [-0.3, -0.25) is 19.4 Å². The number of rotatable bonds is 8. The van der Waals surface area contributed by atoms with E-state index in [0.717, 1.165) is 62.5 Å². The van der Waals surface area contributed by atoms with Crippen LogP contribution in [-0.4, -0.2) is 45.7 Å². The van der Waals surface area contributed by atoms with Crippen LogP contribution in [0.4, 0.5) is 0 Å². The molecule has 2 saturated carbocycles. The van der Waals surface area contributed by atoms with Crippen LogP contribution in [0.1, 0.15) is 101 Å². The third kappa shape index (κ3) is 5.90. The van der Waals surface area contributed by atoms with Gasteiger partial charge in [-0.05, 0) is 98.0 Å². The highest BCUT2D eigenvalue weighted by Crippen LogP contribution is 2.54. The first-order valence-corrected chi connectivity index (χ1v) is 15.0. The van der Waals surface area contributed by atoms with Gasteiger partial charge < -0.3 is 15.3 Å². The molecule has 3 aliphatic carbocycles. The fourth-order valence-electron chi connectivity index (χ4n) is 6.62. The number of nitrogens with one attached hydrogen (secondary N) is 1. The lowest BCUT2D eigenvalue weighted by Crippen LogP contribution is -2.52. The molecule has 0 radical (unpaired) electrons. The fraction of sp³-hybridized carbons (Fsp3) is 0.562. The molecule has 7 nitrogen and oxygen atoms in total. The molecular weight excluding hydrogens is 526 g/mol. The summed E-state index contributed by atoms with van der Waals surface area (Å²) in [7, 11) is 0. The quantitative estimate of drug-likeness (QED) is 0.381. The first kappa shape index (κ1) is 28.6. The number of hydrogen-bond donors (Lipinski definition) is 2. The summed E-state index contributed by atoms with van der Waals surface area (Å²) in [5, 5.41) is 12.2. The monoisotopic (exact) mass is 565 g/mol. The van der Waals surface area contributed by atoms with Gasteiger partial charge in [-0.15, -0.1) is 0 Å². The maximum atomic E-state index is 14.3. The highest BCUT2D eigenvalue weighted by Gasteiger charge is 2.55. The Morgan fingerprint density at radius 2 is 1.82 bits per heavy atom. The van der Waals surface area contributed by atoms with E-state index < -0.39 is 11.6 Å². The van der Waals surface area contributed by atoms with Crippen LogP contribution in [0.2, 0.25) is 0 Å². The summed E-state index contributed by atoms with van der Waals surface area (Å²) in [4.78, 5) is 45.1. The maximum absolute atomic E-state index is 14.3. The van der Waals surface area contributed by atoms with Gasteiger partial charge in [0, 0.05) is 17.1 Å². The molecule has 214 valence electrons. The normalized spacial score (nSPS) is 25.8. The zero-order valence-electron chi connectivity index (χ0n) is 23.7. The molecule has 40 heavy (non-hydrogen) atoms. The van der Waals surface area contributed by atoms with E-state index in [1.54, 1.807) is 12.1 Å². The van der Waals surface area contributed by atoms with Gasteiger partial charge in [-0.1, -0.05) is 50.6 Å². The van der Waals surface area contributed by atoms with Gasteiger partial charge in [0.1, 0.15) is 11.4 Å². The number of amides is 2. The van der Waals surface area contributed by atoms with Crippen molar-refractivity contribution < 1.29 is 19.5 Å². The van der Waals surface area contributed by atoms with Crippen molar-refractivity contribution in [2.75, 3.05) is 6.54 Å². The van der Waals surface area contributed by atoms with Crippen molar-refractivity contribution in [1.29, 1.82) is 0 Å². The van der Waals surface area contributed by atoms with Gasteiger partial charge in [-0.2, -0.15) is 0 Å². The molecule has 1 aliphatic heterocycles. The van der Waals surface area contributed by atoms with E-state index in [2.05, 4.69) is 31.0 Å². The summed E-state index contributed by atoms with van der Waals surface area (Å²) in [5.41, 5.74) is 2.64. The van der Waals surface area contributed by atoms with Crippen molar-refractivity contribution in [3.8, 4) is 0 Å². The van der Waals surface area contributed by atoms with Gasteiger partial charge >= 0.3 is 5.97 Å². The van der Waals surface area contributed by atoms with Crippen molar-refractivity contribution in [3.05, 3.63) is 58.1 Å². The Bertz CT molecular complexity index is 1260. The largest absolute Gasteiger partial charge is 0.481 e. The lowest BCUT2D eigenvalue weighted by Gasteiger charge is -2.47. The summed E-state index contributed by atoms with van der Waals surface area (Å²) >= 11 is 6.37. The number of aliphatic imine (C=N–C) groups is 1. The molecule has 1 heterocycles. The van der Waals surface area contributed by atoms with Crippen molar-refractivity contribution in [2.24, 2.45) is 22.2 Å². The zero-order valence-corrected chi connectivity index (χ0v) is 24.5. The third-order valence-corrected chi connectivity index (χ3v) is 9.32. The average molecular weight is 566 g/mol. The lowest BCUT2D eigenvalue weighted by molar-refractivity contribution is -0.137. The summed E-state index contributed by atoms with van der Waals surface area (Å²) in [6, 6.07) is 7.35. The molecule has 0 aromatic heterocycles. The Balaban J connectivity index is 1.46. The van der Waals surface area contributed by atoms with Gasteiger partial charge in [0.25, 0.3) is 11.8 Å². The minimum atomic E-state index is -0.951. The number of carbonyl (C=O) groups excluding carboxylic acids is 2. The molecule has 1 spiro atoms. The number of carboxylic acids is 1. The van der Waals surface area contributed by atoms with E-state index in [1.807, 2.05) is 24.3 Å². The Hall–Kier alpha value is -2.93. The number of halogens is 1. The van der Waals surface area contributed by atoms with Gasteiger partial charge in [0.2, 0.25) is 0 Å². The van der Waals surface area contributed by atoms with Crippen LogP contribution in [0.5, 0.6) is 0 Å². The number of carbonyl (C=O) groups is 3. The van der Waals surface area contributed by atoms with E-state index in [0.29, 0.717) is 28.1 Å². The van der Waals surface area contributed by atoms with Crippen LogP contribution in [-0.2, 0) is 9.59 Å². The predicted octanol–water partition coefficient (Wildman–Crippen LogP) is 6.40. The minimum Gasteiger partial charge on any atom is -0.481 e. The smallest absolute Gasteiger partial charge is 0.305 e. The molecule has 8 heteroatoms. The van der Waals surface area contributed by atoms with E-state index in [9.17, 15) is 14.4 Å². The van der Waals surface area contributed by atoms with Gasteiger partial charge in [0.05, 0.1) is 12.5 Å². The number of hydrogen-bond acceptors (Lipinski definition) is 4. The Morgan fingerprint density at radius 1 is 1.15 bits per heavy atom. The number of benzene rings is 1. The molecule has 5 rings (SSSR count). The van der Waals surface area contributed by atoms with E-state index >= 15 is 0 Å². The molecule has 1 unspecified atom stereocenters. The summed E-state index contributed by atoms with van der Waals surface area (Å²) < 4.78 is 0. The second kappa shape index (κ2) is 11.2. The standard InChI is InChI=1S/C32H40ClN3O4/c1-31(2,3)24-13-16-32(17-14-24)35-27(23-5-4-6-25(33)19-23)30(40)36(32)28(20-7-8-20)21-9-11-22(12-10-21)29(39)34-18-15-26(37)38/h6,9-12,19-20,24,28H,4-5,7-8,13-18H2,1-3H3,(H,34,39)(H,37,38). The maximum Gasteiger partial charge on any atom is 0.305 e. The fourth-order valence-corrected chi connectivity index (χ4v) is 6.86. The number of allylic oxidation sites excluding steroid dienone is 3. The second-order valence-corrected chi connectivity index (χ2v) is 13.3. The van der Waals surface area contributed by atoms with Gasteiger partial charge in [-0.25, -0.2) is 0 Å². The first-order valence-electron chi connectivity index (χ1n) is 14.6. The summed E-state index contributed by atoms with van der Waals surface area (Å²) in [6.07, 6.45) is 11.2. The molecule has 0 bridgehead atoms. The second-order valence-electron chi connectivity index (χ2n) is 12.9. The van der Waals surface area contributed by atoms with Crippen LogP contribution in [0.3, 0.4) is 0 Å². The van der Waals surface area contributed by atoms with E-state index in [4.69, 9.17) is 21.7 Å². The Labute approximate surface area is 241 Å². The summed E-state index contributed by atoms with van der Waals surface area (Å²) in [5.74, 6) is -0.315. The van der Waals surface area contributed by atoms with E-state index in [1.165, 1.54) is 0 Å². The number of carboxylic acid groups (broad SMARTS) is 1. The molecule has 2 fully saturated rings. The molecule has 1 atom stereocenters. The Kier molecular flexibility index (Phi) is 7.97. The van der Waals surface area contributed by atoms with Crippen LogP contribution < -0.4 is 5.32 Å². The lowest BCUT2D eigenvalue weighted by atomic mass is 9.69. The number of nitrogens with zero attached hydrogens (tertiary/aromatic N) is 2. The Morgan fingerprint density at radius 3 is 2.40 bits per heavy atom. The van der Waals surface area contributed by atoms with Crippen LogP contribution in [0, 0.1) is 17.3 Å². The van der Waals surface area contributed by atoms with Crippen LogP contribution in [0.15, 0.2) is 52.0 Å². The predicted molar refractivity (Wildman–Crippen MR) is 156 cm³/mol. The highest BCUT2D eigenvalue weighted by atomic mass is 35.5. The first-order chi connectivity index (χ1) is 19.0. The van der Waals surface area contributed by atoms with Gasteiger partial charge in [0.15, 0.2) is 0 Å². The SMILES string of the molecule is CC(C)(C)C1CCC2(CC1)N=C(C1=CC(Cl)=CCC1)C(=O)N2C(c1ccc(C(=O)NCCC(=O)O)cc1)C1CC1. The zero-order chi connectivity index (χ0) is 28.7. The van der Waals surface area contributed by atoms with Crippen molar-refractivity contribution >= 4 is 35.1 Å². The summed E-state index contributed by atoms with van der Waals surface area (Å²) in [6.45, 7) is 6.98. The molecule has 0 saturated heterocycles. The van der Waals surface area contributed by atoms with Crippen LogP contribution in [0.25, 0.3) is 0 Å². The molecule has 1 aromatic carbocycles. The molecule has 2 N–H and O–H groups in total. The van der Waals surface area contributed by atoms with Crippen molar-refractivity contribution in [2.45, 2.75) is 90.3 Å². The molecule has 4 aliphatic rings. The third-order valence-electron chi connectivity index (χ3n) is 9.06. The average Bonchev–Trinajstić information content (AvgIpc) is 3.71. The molecule has 2 amide bonds.